The topological polar surface area (TPSA) is 31.1 Å². The molecule has 0 amide bonds. The standard InChI is InChI=1S/C16H19BrF3N3/c17-11-1-2-14-12(9-11)13(10-22-14)15(3-4-16(18,19)20)23-7-5-21-6-8-23/h1-2,9-10,15,21-22H,3-8H2/t15-/m1/s1. The molecular formula is C16H19BrF3N3. The molecule has 1 aliphatic heterocycles. The zero-order valence-corrected chi connectivity index (χ0v) is 14.2. The minimum Gasteiger partial charge on any atom is -0.361 e. The van der Waals surface area contributed by atoms with E-state index in [9.17, 15) is 13.2 Å². The number of piperazine rings is 1. The van der Waals surface area contributed by atoms with Gasteiger partial charge in [0.2, 0.25) is 0 Å². The minimum atomic E-state index is -4.13. The second-order valence-electron chi connectivity index (χ2n) is 5.89. The summed E-state index contributed by atoms with van der Waals surface area (Å²) in [6.45, 7) is 3.16. The van der Waals surface area contributed by atoms with Crippen LogP contribution in [0.4, 0.5) is 13.2 Å². The lowest BCUT2D eigenvalue weighted by Gasteiger charge is -2.35. The van der Waals surface area contributed by atoms with E-state index in [1.165, 1.54) is 0 Å². The van der Waals surface area contributed by atoms with Crippen molar-refractivity contribution in [1.29, 1.82) is 0 Å². The predicted octanol–water partition coefficient (Wildman–Crippen LogP) is 4.22. The summed E-state index contributed by atoms with van der Waals surface area (Å²) < 4.78 is 39.2. The van der Waals surface area contributed by atoms with E-state index in [0.29, 0.717) is 0 Å². The van der Waals surface area contributed by atoms with Crippen LogP contribution in [0.2, 0.25) is 0 Å². The van der Waals surface area contributed by atoms with Crippen molar-refractivity contribution in [2.24, 2.45) is 0 Å². The average molecular weight is 390 g/mol. The maximum absolute atomic E-state index is 12.8. The summed E-state index contributed by atoms with van der Waals surface area (Å²) in [5.74, 6) is 0. The lowest BCUT2D eigenvalue weighted by atomic mass is 9.98. The van der Waals surface area contributed by atoms with Crippen molar-refractivity contribution >= 4 is 26.8 Å². The Hall–Kier alpha value is -1.05. The van der Waals surface area contributed by atoms with Crippen molar-refractivity contribution in [2.75, 3.05) is 26.2 Å². The second kappa shape index (κ2) is 6.83. The summed E-state index contributed by atoms with van der Waals surface area (Å²) in [7, 11) is 0. The minimum absolute atomic E-state index is 0.0863. The fourth-order valence-electron chi connectivity index (χ4n) is 3.22. The van der Waals surface area contributed by atoms with Gasteiger partial charge in [-0.15, -0.1) is 0 Å². The third-order valence-electron chi connectivity index (χ3n) is 4.33. The summed E-state index contributed by atoms with van der Waals surface area (Å²) in [4.78, 5) is 5.35. The number of nitrogens with one attached hydrogen (secondary N) is 2. The van der Waals surface area contributed by atoms with Gasteiger partial charge in [-0.1, -0.05) is 15.9 Å². The number of aromatic amines is 1. The summed E-state index contributed by atoms with van der Waals surface area (Å²) >= 11 is 3.45. The molecule has 23 heavy (non-hydrogen) atoms. The number of hydrogen-bond donors (Lipinski definition) is 2. The van der Waals surface area contributed by atoms with Gasteiger partial charge < -0.3 is 10.3 Å². The first-order valence-corrected chi connectivity index (χ1v) is 8.51. The number of nitrogens with zero attached hydrogens (tertiary/aromatic N) is 1. The number of halogens is 4. The summed E-state index contributed by atoms with van der Waals surface area (Å²) in [6, 6.07) is 5.63. The first-order chi connectivity index (χ1) is 10.9. The molecule has 126 valence electrons. The van der Waals surface area contributed by atoms with Crippen LogP contribution in [0.1, 0.15) is 24.4 Å². The van der Waals surface area contributed by atoms with Crippen molar-refractivity contribution in [1.82, 2.24) is 15.2 Å². The smallest absolute Gasteiger partial charge is 0.361 e. The molecule has 1 aromatic carbocycles. The largest absolute Gasteiger partial charge is 0.389 e. The Morgan fingerprint density at radius 2 is 1.96 bits per heavy atom. The molecule has 3 nitrogen and oxygen atoms in total. The molecule has 1 saturated heterocycles. The molecule has 3 rings (SSSR count). The highest BCUT2D eigenvalue weighted by Crippen LogP contribution is 2.36. The molecule has 2 heterocycles. The quantitative estimate of drug-likeness (QED) is 0.819. The number of benzene rings is 1. The summed E-state index contributed by atoms with van der Waals surface area (Å²) in [5, 5.41) is 4.25. The van der Waals surface area contributed by atoms with Gasteiger partial charge in [0.05, 0.1) is 0 Å². The van der Waals surface area contributed by atoms with Crippen molar-refractivity contribution < 1.29 is 13.2 Å². The molecule has 0 bridgehead atoms. The van der Waals surface area contributed by atoms with Crippen LogP contribution >= 0.6 is 15.9 Å². The number of H-pyrrole nitrogens is 1. The lowest BCUT2D eigenvalue weighted by Crippen LogP contribution is -2.45. The molecule has 2 N–H and O–H groups in total. The normalized spacial score (nSPS) is 18.4. The van der Waals surface area contributed by atoms with Gasteiger partial charge in [0, 0.05) is 60.2 Å². The number of hydrogen-bond acceptors (Lipinski definition) is 2. The molecule has 1 aliphatic rings. The Morgan fingerprint density at radius 3 is 2.65 bits per heavy atom. The fourth-order valence-corrected chi connectivity index (χ4v) is 3.58. The van der Waals surface area contributed by atoms with Gasteiger partial charge in [-0.05, 0) is 30.2 Å². The van der Waals surface area contributed by atoms with E-state index >= 15 is 0 Å². The van der Waals surface area contributed by atoms with Crippen LogP contribution in [-0.2, 0) is 0 Å². The molecule has 0 radical (unpaired) electrons. The van der Waals surface area contributed by atoms with Crippen LogP contribution in [0.15, 0.2) is 28.9 Å². The first kappa shape index (κ1) is 16.8. The summed E-state index contributed by atoms with van der Waals surface area (Å²) in [6.07, 6.45) is -2.94. The molecule has 1 fully saturated rings. The Balaban J connectivity index is 1.93. The van der Waals surface area contributed by atoms with E-state index in [1.807, 2.05) is 24.4 Å². The lowest BCUT2D eigenvalue weighted by molar-refractivity contribution is -0.138. The zero-order chi connectivity index (χ0) is 16.4. The predicted molar refractivity (Wildman–Crippen MR) is 88.5 cm³/mol. The average Bonchev–Trinajstić information content (AvgIpc) is 2.91. The van der Waals surface area contributed by atoms with Crippen molar-refractivity contribution in [2.45, 2.75) is 25.1 Å². The Bertz CT molecular complexity index is 662. The van der Waals surface area contributed by atoms with Crippen LogP contribution in [0.5, 0.6) is 0 Å². The zero-order valence-electron chi connectivity index (χ0n) is 12.6. The van der Waals surface area contributed by atoms with Gasteiger partial charge in [-0.3, -0.25) is 4.90 Å². The van der Waals surface area contributed by atoms with Gasteiger partial charge in [0.25, 0.3) is 0 Å². The first-order valence-electron chi connectivity index (χ1n) is 7.72. The molecule has 7 heteroatoms. The molecule has 2 aromatic rings. The molecule has 0 saturated carbocycles. The fraction of sp³-hybridized carbons (Fsp3) is 0.500. The Morgan fingerprint density at radius 1 is 1.22 bits per heavy atom. The van der Waals surface area contributed by atoms with E-state index in [4.69, 9.17) is 0 Å². The highest BCUT2D eigenvalue weighted by molar-refractivity contribution is 9.10. The van der Waals surface area contributed by atoms with Gasteiger partial charge in [0.15, 0.2) is 0 Å². The molecular weight excluding hydrogens is 371 g/mol. The monoisotopic (exact) mass is 389 g/mol. The van der Waals surface area contributed by atoms with E-state index in [-0.39, 0.29) is 12.5 Å². The van der Waals surface area contributed by atoms with Gasteiger partial charge in [-0.25, -0.2) is 0 Å². The van der Waals surface area contributed by atoms with Crippen LogP contribution in [0.3, 0.4) is 0 Å². The van der Waals surface area contributed by atoms with E-state index in [2.05, 4.69) is 31.1 Å². The molecule has 1 aromatic heterocycles. The maximum atomic E-state index is 12.8. The van der Waals surface area contributed by atoms with Gasteiger partial charge in [0.1, 0.15) is 0 Å². The number of aromatic nitrogens is 1. The highest BCUT2D eigenvalue weighted by Gasteiger charge is 2.32. The van der Waals surface area contributed by atoms with Gasteiger partial charge in [-0.2, -0.15) is 13.2 Å². The SMILES string of the molecule is FC(F)(F)CC[C@H](c1c[nH]c2ccc(Br)cc12)N1CCNCC1. The summed E-state index contributed by atoms with van der Waals surface area (Å²) in [5.41, 5.74) is 1.91. The van der Waals surface area contributed by atoms with Crippen LogP contribution in [0, 0.1) is 0 Å². The Labute approximate surface area is 141 Å². The Kier molecular flexibility index (Phi) is 4.98. The van der Waals surface area contributed by atoms with Crippen LogP contribution < -0.4 is 5.32 Å². The second-order valence-corrected chi connectivity index (χ2v) is 6.81. The number of fused-ring (bicyclic) bond motifs is 1. The third-order valence-corrected chi connectivity index (χ3v) is 4.82. The molecule has 0 aliphatic carbocycles. The van der Waals surface area contributed by atoms with Crippen LogP contribution in [0.25, 0.3) is 10.9 Å². The molecule has 1 atom stereocenters. The van der Waals surface area contributed by atoms with E-state index in [1.54, 1.807) is 0 Å². The van der Waals surface area contributed by atoms with E-state index in [0.717, 1.165) is 47.1 Å². The number of rotatable bonds is 4. The van der Waals surface area contributed by atoms with Gasteiger partial charge >= 0.3 is 6.18 Å². The van der Waals surface area contributed by atoms with Crippen LogP contribution in [-0.4, -0.2) is 42.2 Å². The van der Waals surface area contributed by atoms with Crippen molar-refractivity contribution in [3.63, 3.8) is 0 Å². The number of alkyl halides is 3. The van der Waals surface area contributed by atoms with Crippen molar-refractivity contribution in [3.8, 4) is 0 Å². The third kappa shape index (κ3) is 4.08. The highest BCUT2D eigenvalue weighted by atomic mass is 79.9. The maximum Gasteiger partial charge on any atom is 0.389 e. The molecule has 0 unspecified atom stereocenters. The molecule has 0 spiro atoms. The van der Waals surface area contributed by atoms with Crippen molar-refractivity contribution in [3.05, 3.63) is 34.4 Å². The van der Waals surface area contributed by atoms with E-state index < -0.39 is 12.6 Å².